The van der Waals surface area contributed by atoms with Crippen molar-refractivity contribution in [1.29, 1.82) is 0 Å². The van der Waals surface area contributed by atoms with E-state index in [2.05, 4.69) is 50.0 Å². The Morgan fingerprint density at radius 3 is 2.68 bits per heavy atom. The summed E-state index contributed by atoms with van der Waals surface area (Å²) in [6.07, 6.45) is 0. The summed E-state index contributed by atoms with van der Waals surface area (Å²) < 4.78 is 0. The van der Waals surface area contributed by atoms with Crippen LogP contribution in [0.15, 0.2) is 54.6 Å². The molecule has 0 spiro atoms. The Balaban J connectivity index is 1.46. The minimum Gasteiger partial charge on any atom is -0.354 e. The van der Waals surface area contributed by atoms with Crippen LogP contribution in [0.1, 0.15) is 29.8 Å². The van der Waals surface area contributed by atoms with Gasteiger partial charge in [-0.05, 0) is 43.2 Å². The number of nitrogens with zero attached hydrogens (tertiary/aromatic N) is 2. The monoisotopic (exact) mass is 417 g/mol. The van der Waals surface area contributed by atoms with Gasteiger partial charge >= 0.3 is 0 Å². The molecule has 1 aliphatic rings. The maximum atomic E-state index is 12.3. The van der Waals surface area contributed by atoms with Crippen molar-refractivity contribution in [3.8, 4) is 22.5 Å². The number of hydrogen-bond acceptors (Lipinski definition) is 4. The molecule has 31 heavy (non-hydrogen) atoms. The first-order valence-electron chi connectivity index (χ1n) is 10.5. The highest BCUT2D eigenvalue weighted by Crippen LogP contribution is 2.25. The van der Waals surface area contributed by atoms with Gasteiger partial charge in [-0.2, -0.15) is 5.10 Å². The van der Waals surface area contributed by atoms with Crippen LogP contribution >= 0.6 is 0 Å². The van der Waals surface area contributed by atoms with Gasteiger partial charge in [-0.1, -0.05) is 36.4 Å². The zero-order valence-corrected chi connectivity index (χ0v) is 17.8. The molecule has 1 saturated heterocycles. The number of aromatic amines is 1. The lowest BCUT2D eigenvalue weighted by atomic mass is 10.0. The molecule has 0 bridgehead atoms. The van der Waals surface area contributed by atoms with Gasteiger partial charge in [-0.25, -0.2) is 0 Å². The number of amides is 2. The highest BCUT2D eigenvalue weighted by atomic mass is 16.2. The summed E-state index contributed by atoms with van der Waals surface area (Å²) in [5.41, 5.74) is 5.41. The molecule has 3 aromatic rings. The van der Waals surface area contributed by atoms with Crippen LogP contribution in [-0.4, -0.2) is 52.6 Å². The Labute approximate surface area is 181 Å². The lowest BCUT2D eigenvalue weighted by Gasteiger charge is -2.26. The average molecular weight is 418 g/mol. The van der Waals surface area contributed by atoms with Crippen LogP contribution in [0, 0.1) is 0 Å². The van der Waals surface area contributed by atoms with Crippen molar-refractivity contribution in [3.63, 3.8) is 0 Å². The molecule has 1 aromatic heterocycles. The number of nitrogens with one attached hydrogen (secondary N) is 3. The number of H-pyrrole nitrogens is 1. The molecule has 160 valence electrons. The fourth-order valence-electron chi connectivity index (χ4n) is 3.66. The highest BCUT2D eigenvalue weighted by molar-refractivity contribution is 5.95. The average Bonchev–Trinajstić information content (AvgIpc) is 3.24. The Bertz CT molecular complexity index is 1070. The number of carbonyl (C=O) groups excluding carboxylic acids is 2. The van der Waals surface area contributed by atoms with Gasteiger partial charge in [0.25, 0.3) is 5.91 Å². The van der Waals surface area contributed by atoms with Gasteiger partial charge in [0.2, 0.25) is 5.91 Å². The van der Waals surface area contributed by atoms with Gasteiger partial charge in [-0.3, -0.25) is 19.6 Å². The van der Waals surface area contributed by atoms with Crippen LogP contribution in [0.2, 0.25) is 0 Å². The lowest BCUT2D eigenvalue weighted by molar-refractivity contribution is -0.124. The van der Waals surface area contributed by atoms with Gasteiger partial charge < -0.3 is 10.6 Å². The smallest absolute Gasteiger partial charge is 0.251 e. The van der Waals surface area contributed by atoms with Crippen LogP contribution < -0.4 is 10.6 Å². The topological polar surface area (TPSA) is 90.1 Å². The van der Waals surface area contributed by atoms with Crippen LogP contribution in [0.3, 0.4) is 0 Å². The first-order valence-corrected chi connectivity index (χ1v) is 10.5. The van der Waals surface area contributed by atoms with Crippen molar-refractivity contribution in [2.24, 2.45) is 0 Å². The largest absolute Gasteiger partial charge is 0.354 e. The third kappa shape index (κ3) is 5.19. The molecule has 2 aromatic carbocycles. The molecule has 0 saturated carbocycles. The van der Waals surface area contributed by atoms with Gasteiger partial charge in [-0.15, -0.1) is 0 Å². The number of aromatic nitrogens is 2. The number of benzene rings is 2. The van der Waals surface area contributed by atoms with Crippen molar-refractivity contribution in [2.45, 2.75) is 26.4 Å². The minimum atomic E-state index is -0.0885. The van der Waals surface area contributed by atoms with E-state index in [-0.39, 0.29) is 17.9 Å². The SMILES string of the molecule is CC(C)NC(=O)c1cccc(-c2cc(-c3ccc(CN4CCNC(=O)C4)cc3)[nH]n2)c1. The summed E-state index contributed by atoms with van der Waals surface area (Å²) in [5.74, 6) is -0.00648. The first kappa shape index (κ1) is 20.8. The Morgan fingerprint density at radius 1 is 1.13 bits per heavy atom. The Kier molecular flexibility index (Phi) is 6.13. The van der Waals surface area contributed by atoms with E-state index in [1.54, 1.807) is 6.07 Å². The second-order valence-corrected chi connectivity index (χ2v) is 8.13. The summed E-state index contributed by atoms with van der Waals surface area (Å²) in [5, 5.41) is 13.3. The number of hydrogen-bond donors (Lipinski definition) is 3. The van der Waals surface area contributed by atoms with E-state index < -0.39 is 0 Å². The molecule has 0 unspecified atom stereocenters. The molecule has 7 heteroatoms. The van der Waals surface area contributed by atoms with Gasteiger partial charge in [0.1, 0.15) is 0 Å². The zero-order valence-electron chi connectivity index (χ0n) is 17.8. The third-order valence-corrected chi connectivity index (χ3v) is 5.21. The van der Waals surface area contributed by atoms with E-state index in [4.69, 9.17) is 0 Å². The number of carbonyl (C=O) groups is 2. The molecule has 1 aliphatic heterocycles. The molecule has 3 N–H and O–H groups in total. The van der Waals surface area contributed by atoms with Crippen molar-refractivity contribution in [2.75, 3.05) is 19.6 Å². The fraction of sp³-hybridized carbons (Fsp3) is 0.292. The summed E-state index contributed by atoms with van der Waals surface area (Å²) in [4.78, 5) is 26.0. The van der Waals surface area contributed by atoms with E-state index in [0.717, 1.165) is 35.6 Å². The molecule has 0 atom stereocenters. The summed E-state index contributed by atoms with van der Waals surface area (Å²) in [6.45, 7) is 6.65. The van der Waals surface area contributed by atoms with E-state index in [1.807, 2.05) is 38.1 Å². The van der Waals surface area contributed by atoms with E-state index in [0.29, 0.717) is 18.7 Å². The standard InChI is InChI=1S/C24H27N5O2/c1-16(2)26-24(31)20-5-3-4-19(12-20)22-13-21(27-28-22)18-8-6-17(7-9-18)14-29-11-10-25-23(30)15-29/h3-9,12-13,16H,10-11,14-15H2,1-2H3,(H,25,30)(H,26,31)(H,27,28). The van der Waals surface area contributed by atoms with Crippen LogP contribution in [0.4, 0.5) is 0 Å². The molecule has 4 rings (SSSR count). The van der Waals surface area contributed by atoms with Crippen molar-refractivity contribution >= 4 is 11.8 Å². The van der Waals surface area contributed by atoms with Crippen molar-refractivity contribution in [1.82, 2.24) is 25.7 Å². The fourth-order valence-corrected chi connectivity index (χ4v) is 3.66. The predicted molar refractivity (Wildman–Crippen MR) is 120 cm³/mol. The molecular formula is C24H27N5O2. The van der Waals surface area contributed by atoms with Gasteiger partial charge in [0.05, 0.1) is 17.9 Å². The van der Waals surface area contributed by atoms with Gasteiger partial charge in [0, 0.05) is 36.8 Å². The normalized spacial score (nSPS) is 14.5. The summed E-state index contributed by atoms with van der Waals surface area (Å²) in [7, 11) is 0. The molecule has 2 amide bonds. The van der Waals surface area contributed by atoms with E-state index in [9.17, 15) is 9.59 Å². The van der Waals surface area contributed by atoms with Crippen molar-refractivity contribution in [3.05, 3.63) is 65.7 Å². The summed E-state index contributed by atoms with van der Waals surface area (Å²) in [6, 6.07) is 17.8. The quantitative estimate of drug-likeness (QED) is 0.575. The maximum absolute atomic E-state index is 12.3. The number of piperazine rings is 1. The third-order valence-electron chi connectivity index (χ3n) is 5.21. The molecule has 1 fully saturated rings. The van der Waals surface area contributed by atoms with E-state index in [1.165, 1.54) is 5.56 Å². The summed E-state index contributed by atoms with van der Waals surface area (Å²) >= 11 is 0. The molecule has 2 heterocycles. The Morgan fingerprint density at radius 2 is 1.94 bits per heavy atom. The van der Waals surface area contributed by atoms with Crippen LogP contribution in [0.25, 0.3) is 22.5 Å². The molecular weight excluding hydrogens is 390 g/mol. The maximum Gasteiger partial charge on any atom is 0.251 e. The second-order valence-electron chi connectivity index (χ2n) is 8.13. The van der Waals surface area contributed by atoms with Crippen molar-refractivity contribution < 1.29 is 9.59 Å². The van der Waals surface area contributed by atoms with Crippen LogP contribution in [-0.2, 0) is 11.3 Å². The zero-order chi connectivity index (χ0) is 21.8. The Hall–Kier alpha value is -3.45. The number of rotatable bonds is 6. The lowest BCUT2D eigenvalue weighted by Crippen LogP contribution is -2.47. The molecule has 0 aliphatic carbocycles. The molecule has 0 radical (unpaired) electrons. The highest BCUT2D eigenvalue weighted by Gasteiger charge is 2.16. The predicted octanol–water partition coefficient (Wildman–Crippen LogP) is 2.81. The van der Waals surface area contributed by atoms with Crippen LogP contribution in [0.5, 0.6) is 0 Å². The first-order chi connectivity index (χ1) is 15.0. The van der Waals surface area contributed by atoms with E-state index >= 15 is 0 Å². The van der Waals surface area contributed by atoms with Gasteiger partial charge in [0.15, 0.2) is 0 Å². The minimum absolute atomic E-state index is 0.0821. The second kappa shape index (κ2) is 9.14. The molecule has 7 nitrogen and oxygen atoms in total.